The SMILES string of the molecule is COc1cccc(CN(C)C(C)CCN)n1. The van der Waals surface area contributed by atoms with E-state index in [0.717, 1.165) is 25.2 Å². The highest BCUT2D eigenvalue weighted by Crippen LogP contribution is 2.10. The fourth-order valence-electron chi connectivity index (χ4n) is 1.53. The summed E-state index contributed by atoms with van der Waals surface area (Å²) in [6, 6.07) is 6.29. The van der Waals surface area contributed by atoms with Crippen molar-refractivity contribution >= 4 is 0 Å². The van der Waals surface area contributed by atoms with Crippen LogP contribution in [-0.2, 0) is 6.54 Å². The van der Waals surface area contributed by atoms with Crippen LogP contribution in [0.1, 0.15) is 19.0 Å². The molecule has 4 heteroatoms. The number of aromatic nitrogens is 1. The molecular formula is C12H21N3O. The maximum absolute atomic E-state index is 5.54. The van der Waals surface area contributed by atoms with Gasteiger partial charge in [0.05, 0.1) is 12.8 Å². The minimum Gasteiger partial charge on any atom is -0.481 e. The second kappa shape index (κ2) is 6.45. The van der Waals surface area contributed by atoms with Crippen LogP contribution in [0.5, 0.6) is 5.88 Å². The van der Waals surface area contributed by atoms with E-state index in [-0.39, 0.29) is 0 Å². The number of hydrogen-bond acceptors (Lipinski definition) is 4. The molecule has 1 unspecified atom stereocenters. The predicted molar refractivity (Wildman–Crippen MR) is 65.4 cm³/mol. The third kappa shape index (κ3) is 3.79. The lowest BCUT2D eigenvalue weighted by molar-refractivity contribution is 0.237. The van der Waals surface area contributed by atoms with Crippen LogP contribution in [0.15, 0.2) is 18.2 Å². The van der Waals surface area contributed by atoms with Crippen molar-refractivity contribution in [3.8, 4) is 5.88 Å². The average Bonchev–Trinajstić information content (AvgIpc) is 2.29. The molecule has 0 amide bonds. The first kappa shape index (κ1) is 12.9. The zero-order valence-electron chi connectivity index (χ0n) is 10.3. The summed E-state index contributed by atoms with van der Waals surface area (Å²) >= 11 is 0. The Kier molecular flexibility index (Phi) is 5.22. The molecule has 1 aromatic rings. The molecule has 1 aromatic heterocycles. The maximum atomic E-state index is 5.54. The van der Waals surface area contributed by atoms with E-state index in [0.29, 0.717) is 11.9 Å². The summed E-state index contributed by atoms with van der Waals surface area (Å²) < 4.78 is 5.09. The maximum Gasteiger partial charge on any atom is 0.213 e. The predicted octanol–water partition coefficient (Wildman–Crippen LogP) is 1.26. The Balaban J connectivity index is 2.58. The summed E-state index contributed by atoms with van der Waals surface area (Å²) in [5.41, 5.74) is 6.56. The summed E-state index contributed by atoms with van der Waals surface area (Å²) in [7, 11) is 3.72. The smallest absolute Gasteiger partial charge is 0.213 e. The molecule has 0 saturated heterocycles. The Bertz CT molecular complexity index is 317. The van der Waals surface area contributed by atoms with Crippen molar-refractivity contribution in [3.63, 3.8) is 0 Å². The van der Waals surface area contributed by atoms with Crippen LogP contribution in [0, 0.1) is 0 Å². The number of methoxy groups -OCH3 is 1. The van der Waals surface area contributed by atoms with Crippen molar-refractivity contribution in [2.24, 2.45) is 5.73 Å². The minimum absolute atomic E-state index is 0.470. The Hall–Kier alpha value is -1.13. The van der Waals surface area contributed by atoms with Gasteiger partial charge in [-0.25, -0.2) is 4.98 Å². The first-order valence-electron chi connectivity index (χ1n) is 5.57. The van der Waals surface area contributed by atoms with Crippen molar-refractivity contribution in [1.82, 2.24) is 9.88 Å². The summed E-state index contributed by atoms with van der Waals surface area (Å²) in [5.74, 6) is 0.664. The van der Waals surface area contributed by atoms with Gasteiger partial charge in [0.25, 0.3) is 0 Å². The van der Waals surface area contributed by atoms with E-state index in [1.807, 2.05) is 18.2 Å². The van der Waals surface area contributed by atoms with Crippen LogP contribution in [0.4, 0.5) is 0 Å². The van der Waals surface area contributed by atoms with E-state index in [1.165, 1.54) is 0 Å². The van der Waals surface area contributed by atoms with E-state index in [9.17, 15) is 0 Å². The molecule has 0 saturated carbocycles. The average molecular weight is 223 g/mol. The minimum atomic E-state index is 0.470. The first-order chi connectivity index (χ1) is 7.67. The zero-order chi connectivity index (χ0) is 12.0. The quantitative estimate of drug-likeness (QED) is 0.789. The fraction of sp³-hybridized carbons (Fsp3) is 0.583. The fourth-order valence-corrected chi connectivity index (χ4v) is 1.53. The zero-order valence-corrected chi connectivity index (χ0v) is 10.3. The molecule has 0 aliphatic rings. The van der Waals surface area contributed by atoms with Crippen molar-refractivity contribution in [2.75, 3.05) is 20.7 Å². The number of pyridine rings is 1. The molecule has 90 valence electrons. The molecule has 0 radical (unpaired) electrons. The van der Waals surface area contributed by atoms with E-state index in [2.05, 4.69) is 23.9 Å². The molecule has 0 bridgehead atoms. The first-order valence-corrected chi connectivity index (χ1v) is 5.57. The molecule has 4 nitrogen and oxygen atoms in total. The highest BCUT2D eigenvalue weighted by molar-refractivity contribution is 5.15. The Morgan fingerprint density at radius 2 is 2.25 bits per heavy atom. The molecule has 0 aromatic carbocycles. The number of nitrogens with two attached hydrogens (primary N) is 1. The largest absolute Gasteiger partial charge is 0.481 e. The van der Waals surface area contributed by atoms with Gasteiger partial charge in [0, 0.05) is 18.7 Å². The normalized spacial score (nSPS) is 12.8. The van der Waals surface area contributed by atoms with Crippen molar-refractivity contribution in [2.45, 2.75) is 25.9 Å². The molecule has 2 N–H and O–H groups in total. The summed E-state index contributed by atoms with van der Waals surface area (Å²) in [6.07, 6.45) is 1.00. The van der Waals surface area contributed by atoms with Gasteiger partial charge in [-0.1, -0.05) is 6.07 Å². The second-order valence-electron chi connectivity index (χ2n) is 4.01. The third-order valence-corrected chi connectivity index (χ3v) is 2.74. The molecule has 16 heavy (non-hydrogen) atoms. The van der Waals surface area contributed by atoms with Gasteiger partial charge in [0.1, 0.15) is 0 Å². The highest BCUT2D eigenvalue weighted by atomic mass is 16.5. The third-order valence-electron chi connectivity index (χ3n) is 2.74. The van der Waals surface area contributed by atoms with Crippen LogP contribution in [0.2, 0.25) is 0 Å². The summed E-state index contributed by atoms with van der Waals surface area (Å²) in [5, 5.41) is 0. The number of nitrogens with zero attached hydrogens (tertiary/aromatic N) is 2. The van der Waals surface area contributed by atoms with Crippen molar-refractivity contribution < 1.29 is 4.74 Å². The number of rotatable bonds is 6. The van der Waals surface area contributed by atoms with Crippen LogP contribution in [0.3, 0.4) is 0 Å². The van der Waals surface area contributed by atoms with E-state index < -0.39 is 0 Å². The van der Waals surface area contributed by atoms with Gasteiger partial charge < -0.3 is 10.5 Å². The molecule has 0 aliphatic heterocycles. The molecule has 0 spiro atoms. The van der Waals surface area contributed by atoms with Gasteiger partial charge >= 0.3 is 0 Å². The van der Waals surface area contributed by atoms with E-state index >= 15 is 0 Å². The Morgan fingerprint density at radius 3 is 2.88 bits per heavy atom. The number of ether oxygens (including phenoxy) is 1. The highest BCUT2D eigenvalue weighted by Gasteiger charge is 2.09. The topological polar surface area (TPSA) is 51.4 Å². The van der Waals surface area contributed by atoms with Gasteiger partial charge in [-0.05, 0) is 33.0 Å². The molecule has 0 aliphatic carbocycles. The lowest BCUT2D eigenvalue weighted by Gasteiger charge is -2.23. The van der Waals surface area contributed by atoms with Gasteiger partial charge in [0.2, 0.25) is 5.88 Å². The van der Waals surface area contributed by atoms with Crippen molar-refractivity contribution in [3.05, 3.63) is 23.9 Å². The van der Waals surface area contributed by atoms with Crippen LogP contribution in [0.25, 0.3) is 0 Å². The molecule has 0 fully saturated rings. The second-order valence-corrected chi connectivity index (χ2v) is 4.01. The van der Waals surface area contributed by atoms with Gasteiger partial charge in [-0.2, -0.15) is 0 Å². The monoisotopic (exact) mass is 223 g/mol. The van der Waals surface area contributed by atoms with Gasteiger partial charge in [0.15, 0.2) is 0 Å². The molecular weight excluding hydrogens is 202 g/mol. The number of hydrogen-bond donors (Lipinski definition) is 1. The molecule has 1 rings (SSSR count). The Morgan fingerprint density at radius 1 is 1.50 bits per heavy atom. The van der Waals surface area contributed by atoms with Crippen LogP contribution < -0.4 is 10.5 Å². The van der Waals surface area contributed by atoms with Gasteiger partial charge in [-0.3, -0.25) is 4.90 Å². The lowest BCUT2D eigenvalue weighted by Crippen LogP contribution is -2.30. The Labute approximate surface area is 97.4 Å². The van der Waals surface area contributed by atoms with E-state index in [4.69, 9.17) is 10.5 Å². The van der Waals surface area contributed by atoms with Crippen LogP contribution in [-0.4, -0.2) is 36.6 Å². The summed E-state index contributed by atoms with van der Waals surface area (Å²) in [4.78, 5) is 6.62. The van der Waals surface area contributed by atoms with E-state index in [1.54, 1.807) is 7.11 Å². The molecule has 1 heterocycles. The molecule has 1 atom stereocenters. The standard InChI is InChI=1S/C12H21N3O/c1-10(7-8-13)15(2)9-11-5-4-6-12(14-11)16-3/h4-6,10H,7-9,13H2,1-3H3. The summed E-state index contributed by atoms with van der Waals surface area (Å²) in [6.45, 7) is 3.71. The van der Waals surface area contributed by atoms with Gasteiger partial charge in [-0.15, -0.1) is 0 Å². The van der Waals surface area contributed by atoms with Crippen molar-refractivity contribution in [1.29, 1.82) is 0 Å². The lowest BCUT2D eigenvalue weighted by atomic mass is 10.2. The van der Waals surface area contributed by atoms with Crippen LogP contribution >= 0.6 is 0 Å².